The van der Waals surface area contributed by atoms with Gasteiger partial charge in [-0.25, -0.2) is 0 Å². The van der Waals surface area contributed by atoms with Gasteiger partial charge in [0.25, 0.3) is 0 Å². The molecular formula is C50H80N2O4. The van der Waals surface area contributed by atoms with E-state index in [0.29, 0.717) is 67.9 Å². The van der Waals surface area contributed by atoms with E-state index >= 15 is 0 Å². The normalized spacial score (nSPS) is 33.8. The second kappa shape index (κ2) is 23.6. The number of carbonyl (C=O) groups excluding carboxylic acids is 2. The maximum Gasteiger partial charge on any atom is 0.220 e. The zero-order valence-electron chi connectivity index (χ0n) is 36.0. The van der Waals surface area contributed by atoms with Crippen molar-refractivity contribution in [3.05, 3.63) is 72.9 Å². The van der Waals surface area contributed by atoms with E-state index < -0.39 is 0 Å². The van der Waals surface area contributed by atoms with Crippen LogP contribution in [0.25, 0.3) is 0 Å². The number of amides is 2. The molecule has 11 atom stereocenters. The second-order valence-corrected chi connectivity index (χ2v) is 18.3. The quantitative estimate of drug-likeness (QED) is 0.0650. The Hall–Kier alpha value is -2.70. The van der Waals surface area contributed by atoms with Crippen LogP contribution in [0.3, 0.4) is 0 Å². The highest BCUT2D eigenvalue weighted by atomic mass is 16.3. The first-order valence-electron chi connectivity index (χ1n) is 22.9. The zero-order chi connectivity index (χ0) is 40.4. The van der Waals surface area contributed by atoms with E-state index in [2.05, 4.69) is 118 Å². The SMILES string of the molecule is CCC=CCC=CCC=CCC=CCC=CCC=CCCC(=O)NCCNC(=O)CC[C@@H](C)C1CC[C@H]2[C@@H]3[C@H](O)[C@H](CC)[C@@H]4C[C@H](O)CC[C@]4(C)[C@H]3CC[C@]12C. The summed E-state index contributed by atoms with van der Waals surface area (Å²) in [6.45, 7) is 12.7. The summed E-state index contributed by atoms with van der Waals surface area (Å²) >= 11 is 0. The van der Waals surface area contributed by atoms with Crippen molar-refractivity contribution in [2.24, 2.45) is 52.3 Å². The fourth-order valence-corrected chi connectivity index (χ4v) is 11.9. The van der Waals surface area contributed by atoms with Gasteiger partial charge in [0.2, 0.25) is 11.8 Å². The number of aliphatic hydroxyl groups excluding tert-OH is 2. The summed E-state index contributed by atoms with van der Waals surface area (Å²) in [4.78, 5) is 25.1. The summed E-state index contributed by atoms with van der Waals surface area (Å²) in [5.74, 6) is 3.27. The van der Waals surface area contributed by atoms with Crippen molar-refractivity contribution in [3.63, 3.8) is 0 Å². The third-order valence-corrected chi connectivity index (χ3v) is 14.9. The highest BCUT2D eigenvalue weighted by Crippen LogP contribution is 2.69. The van der Waals surface area contributed by atoms with Crippen LogP contribution in [0.5, 0.6) is 0 Å². The minimum atomic E-state index is -0.269. The molecule has 0 spiro atoms. The first kappa shape index (κ1) is 46.0. The molecule has 4 fully saturated rings. The maximum absolute atomic E-state index is 12.8. The van der Waals surface area contributed by atoms with Crippen molar-refractivity contribution in [1.82, 2.24) is 10.6 Å². The van der Waals surface area contributed by atoms with E-state index in [1.807, 2.05) is 0 Å². The van der Waals surface area contributed by atoms with E-state index in [4.69, 9.17) is 0 Å². The number of rotatable bonds is 22. The molecule has 56 heavy (non-hydrogen) atoms. The van der Waals surface area contributed by atoms with Crippen LogP contribution in [0.2, 0.25) is 0 Å². The van der Waals surface area contributed by atoms with Gasteiger partial charge in [-0.3, -0.25) is 9.59 Å². The highest BCUT2D eigenvalue weighted by molar-refractivity contribution is 5.77. The first-order chi connectivity index (χ1) is 27.1. The molecule has 0 aromatic carbocycles. The molecular weight excluding hydrogens is 693 g/mol. The van der Waals surface area contributed by atoms with Crippen molar-refractivity contribution < 1.29 is 19.8 Å². The van der Waals surface area contributed by atoms with Crippen LogP contribution in [0.1, 0.15) is 150 Å². The molecule has 4 aliphatic rings. The minimum Gasteiger partial charge on any atom is -0.393 e. The Morgan fingerprint density at radius 3 is 1.75 bits per heavy atom. The van der Waals surface area contributed by atoms with Crippen molar-refractivity contribution in [1.29, 1.82) is 0 Å². The van der Waals surface area contributed by atoms with Crippen molar-refractivity contribution >= 4 is 11.8 Å². The third kappa shape index (κ3) is 12.6. The second-order valence-electron chi connectivity index (χ2n) is 18.3. The minimum absolute atomic E-state index is 0.0186. The number of hydrogen-bond donors (Lipinski definition) is 4. The van der Waals surface area contributed by atoms with E-state index in [1.54, 1.807) is 0 Å². The maximum atomic E-state index is 12.8. The molecule has 0 radical (unpaired) electrons. The molecule has 0 aliphatic heterocycles. The molecule has 0 aromatic heterocycles. The first-order valence-corrected chi connectivity index (χ1v) is 22.9. The molecule has 4 rings (SSSR count). The number of nitrogens with one attached hydrogen (secondary N) is 2. The number of carbonyl (C=O) groups is 2. The van der Waals surface area contributed by atoms with Gasteiger partial charge in [-0.05, 0) is 149 Å². The summed E-state index contributed by atoms with van der Waals surface area (Å²) < 4.78 is 0. The lowest BCUT2D eigenvalue weighted by Gasteiger charge is -2.64. The Kier molecular flexibility index (Phi) is 19.4. The fraction of sp³-hybridized carbons (Fsp3) is 0.720. The largest absolute Gasteiger partial charge is 0.393 e. The topological polar surface area (TPSA) is 98.7 Å². The van der Waals surface area contributed by atoms with E-state index in [9.17, 15) is 19.8 Å². The number of allylic oxidation sites excluding steroid dienone is 12. The lowest BCUT2D eigenvalue weighted by molar-refractivity contribution is -0.203. The van der Waals surface area contributed by atoms with Gasteiger partial charge < -0.3 is 20.8 Å². The number of aliphatic hydroxyl groups is 2. The van der Waals surface area contributed by atoms with Crippen LogP contribution < -0.4 is 10.6 Å². The molecule has 0 aromatic rings. The summed E-state index contributed by atoms with van der Waals surface area (Å²) in [5, 5.41) is 28.5. The average molecular weight is 773 g/mol. The van der Waals surface area contributed by atoms with Gasteiger partial charge >= 0.3 is 0 Å². The van der Waals surface area contributed by atoms with Gasteiger partial charge in [0.05, 0.1) is 12.2 Å². The molecule has 2 amide bonds. The predicted molar refractivity (Wildman–Crippen MR) is 234 cm³/mol. The molecule has 1 unspecified atom stereocenters. The summed E-state index contributed by atoms with van der Waals surface area (Å²) in [5.41, 5.74) is 0.435. The summed E-state index contributed by atoms with van der Waals surface area (Å²) in [6, 6.07) is 0. The van der Waals surface area contributed by atoms with Gasteiger partial charge in [0.1, 0.15) is 0 Å². The van der Waals surface area contributed by atoms with Crippen LogP contribution in [0.4, 0.5) is 0 Å². The molecule has 6 heteroatoms. The monoisotopic (exact) mass is 773 g/mol. The Labute approximate surface area is 341 Å². The lowest BCUT2D eigenvalue weighted by atomic mass is 9.41. The lowest BCUT2D eigenvalue weighted by Crippen LogP contribution is -2.62. The van der Waals surface area contributed by atoms with Gasteiger partial charge in [-0.1, -0.05) is 114 Å². The number of fused-ring (bicyclic) bond motifs is 5. The molecule has 6 nitrogen and oxygen atoms in total. The molecule has 4 saturated carbocycles. The Balaban J connectivity index is 1.05. The Morgan fingerprint density at radius 1 is 0.661 bits per heavy atom. The van der Waals surface area contributed by atoms with E-state index in [0.717, 1.165) is 70.6 Å². The van der Waals surface area contributed by atoms with Gasteiger partial charge in [-0.2, -0.15) is 0 Å². The average Bonchev–Trinajstić information content (AvgIpc) is 3.54. The standard InChI is InChI=1S/C50H80N2O4/c1-6-8-9-10-11-12-13-14-15-16-17-18-19-20-21-22-23-24-25-26-45(54)51-35-36-52-46(55)30-27-38(3)41-28-29-42-47-43(32-34-49(41,42)4)50(5)33-31-39(53)37-44(50)40(7-2)48(47)56/h8-9,11-12,14-15,17-18,20-21,23-24,38-44,47-48,53,56H,6-7,10,13,16,19,22,25-37H2,1-5H3,(H,51,54)(H,52,55)/t38-,39-,40-,41?,42+,43+,44+,47+,48-,49-,50-/m1/s1. The molecule has 0 heterocycles. The number of hydrogen-bond acceptors (Lipinski definition) is 4. The van der Waals surface area contributed by atoms with Crippen molar-refractivity contribution in [3.8, 4) is 0 Å². The van der Waals surface area contributed by atoms with Gasteiger partial charge in [0.15, 0.2) is 0 Å². The fourth-order valence-electron chi connectivity index (χ4n) is 11.9. The third-order valence-electron chi connectivity index (χ3n) is 14.9. The van der Waals surface area contributed by atoms with Crippen LogP contribution in [0, 0.1) is 52.3 Å². The van der Waals surface area contributed by atoms with Crippen LogP contribution in [-0.2, 0) is 9.59 Å². The molecule has 0 bridgehead atoms. The molecule has 4 aliphatic carbocycles. The highest BCUT2D eigenvalue weighted by Gasteiger charge is 2.64. The van der Waals surface area contributed by atoms with Gasteiger partial charge in [-0.15, -0.1) is 0 Å². The van der Waals surface area contributed by atoms with Gasteiger partial charge in [0, 0.05) is 25.9 Å². The Bertz CT molecular complexity index is 1380. The molecule has 314 valence electrons. The molecule has 4 N–H and O–H groups in total. The van der Waals surface area contributed by atoms with Crippen LogP contribution in [-0.4, -0.2) is 47.3 Å². The summed E-state index contributed by atoms with van der Waals surface area (Å²) in [6.07, 6.45) is 42.8. The van der Waals surface area contributed by atoms with Crippen molar-refractivity contribution in [2.45, 2.75) is 162 Å². The van der Waals surface area contributed by atoms with Crippen LogP contribution in [0.15, 0.2) is 72.9 Å². The summed E-state index contributed by atoms with van der Waals surface area (Å²) in [7, 11) is 0. The van der Waals surface area contributed by atoms with E-state index in [-0.39, 0.29) is 40.8 Å². The smallest absolute Gasteiger partial charge is 0.220 e. The van der Waals surface area contributed by atoms with E-state index in [1.165, 1.54) is 25.7 Å². The zero-order valence-corrected chi connectivity index (χ0v) is 36.0. The van der Waals surface area contributed by atoms with Crippen LogP contribution >= 0.6 is 0 Å². The Morgan fingerprint density at radius 2 is 1.18 bits per heavy atom. The predicted octanol–water partition coefficient (Wildman–Crippen LogP) is 10.7. The molecule has 0 saturated heterocycles. The van der Waals surface area contributed by atoms with Crippen molar-refractivity contribution in [2.75, 3.05) is 13.1 Å².